The molecule has 2 aromatic carbocycles. The third kappa shape index (κ3) is 6.26. The van der Waals surface area contributed by atoms with E-state index in [4.69, 9.17) is 4.74 Å². The first kappa shape index (κ1) is 27.6. The number of hydrogen-bond acceptors (Lipinski definition) is 8. The minimum Gasteiger partial charge on any atom is -0.494 e. The number of amides is 4. The molecule has 12 heteroatoms. The number of anilines is 4. The topological polar surface area (TPSA) is 163 Å². The highest BCUT2D eigenvalue weighted by Gasteiger charge is 2.30. The number of hydrogen-bond donors (Lipinski definition) is 5. The minimum atomic E-state index is -0.484. The molecule has 2 fully saturated rings. The third-order valence-electron chi connectivity index (χ3n) is 7.02. The van der Waals surface area contributed by atoms with Gasteiger partial charge >= 0.3 is 0 Å². The van der Waals surface area contributed by atoms with E-state index in [2.05, 4.69) is 36.8 Å². The average Bonchev–Trinajstić information content (AvgIpc) is 3.84. The van der Waals surface area contributed by atoms with Crippen molar-refractivity contribution >= 4 is 46.5 Å². The van der Waals surface area contributed by atoms with E-state index in [1.807, 2.05) is 12.1 Å². The maximum Gasteiger partial charge on any atom is 0.273 e. The summed E-state index contributed by atoms with van der Waals surface area (Å²) in [7, 11) is 2.91. The van der Waals surface area contributed by atoms with Crippen LogP contribution in [0.5, 0.6) is 5.75 Å². The van der Waals surface area contributed by atoms with E-state index < -0.39 is 11.8 Å². The zero-order chi connectivity index (χ0) is 28.9. The molecule has 0 bridgehead atoms. The molecule has 1 atom stereocenters. The number of nitrogens with one attached hydrogen (secondary N) is 5. The molecule has 4 amide bonds. The molecule has 41 heavy (non-hydrogen) atoms. The molecular formula is C29H31N7O5. The van der Waals surface area contributed by atoms with Gasteiger partial charge < -0.3 is 31.3 Å². The van der Waals surface area contributed by atoms with Gasteiger partial charge in [-0.3, -0.25) is 19.2 Å². The van der Waals surface area contributed by atoms with Crippen LogP contribution in [0.4, 0.5) is 22.9 Å². The van der Waals surface area contributed by atoms with Gasteiger partial charge in [0, 0.05) is 31.3 Å². The van der Waals surface area contributed by atoms with Crippen molar-refractivity contribution in [3.8, 4) is 5.75 Å². The van der Waals surface area contributed by atoms with E-state index in [1.165, 1.54) is 20.2 Å². The fourth-order valence-corrected chi connectivity index (χ4v) is 4.67. The van der Waals surface area contributed by atoms with Crippen LogP contribution in [0.2, 0.25) is 0 Å². The fourth-order valence-electron chi connectivity index (χ4n) is 4.67. The van der Waals surface area contributed by atoms with Crippen LogP contribution < -0.4 is 31.3 Å². The highest BCUT2D eigenvalue weighted by Crippen LogP contribution is 2.34. The van der Waals surface area contributed by atoms with Gasteiger partial charge in [-0.2, -0.15) is 0 Å². The van der Waals surface area contributed by atoms with Gasteiger partial charge in [-0.05, 0) is 55.5 Å². The fraction of sp³-hybridized carbons (Fsp3) is 0.310. The number of ether oxygens (including phenoxy) is 1. The highest BCUT2D eigenvalue weighted by atomic mass is 16.5. The first-order chi connectivity index (χ1) is 19.9. The Labute approximate surface area is 236 Å². The van der Waals surface area contributed by atoms with E-state index in [1.54, 1.807) is 30.3 Å². The summed E-state index contributed by atoms with van der Waals surface area (Å²) in [5.41, 5.74) is 2.38. The zero-order valence-corrected chi connectivity index (χ0v) is 22.7. The number of methoxy groups -OCH3 is 1. The van der Waals surface area contributed by atoms with Gasteiger partial charge in [-0.25, -0.2) is 0 Å². The Hall–Kier alpha value is -5.00. The second-order valence-electron chi connectivity index (χ2n) is 9.91. The Morgan fingerprint density at radius 2 is 1.73 bits per heavy atom. The van der Waals surface area contributed by atoms with Crippen LogP contribution in [-0.4, -0.2) is 54.5 Å². The molecule has 0 spiro atoms. The molecule has 1 aromatic heterocycles. The molecule has 1 aliphatic heterocycles. The van der Waals surface area contributed by atoms with E-state index >= 15 is 0 Å². The maximum atomic E-state index is 13.3. The van der Waals surface area contributed by atoms with Crippen LogP contribution in [-0.2, 0) is 9.59 Å². The summed E-state index contributed by atoms with van der Waals surface area (Å²) in [6, 6.07) is 13.7. The molecule has 2 aliphatic rings. The van der Waals surface area contributed by atoms with Crippen LogP contribution >= 0.6 is 0 Å². The smallest absolute Gasteiger partial charge is 0.273 e. The van der Waals surface area contributed by atoms with Crippen molar-refractivity contribution in [1.29, 1.82) is 0 Å². The van der Waals surface area contributed by atoms with Gasteiger partial charge in [0.25, 0.3) is 11.8 Å². The van der Waals surface area contributed by atoms with Crippen molar-refractivity contribution < 1.29 is 23.9 Å². The summed E-state index contributed by atoms with van der Waals surface area (Å²) >= 11 is 0. The lowest BCUT2D eigenvalue weighted by atomic mass is 9.91. The lowest BCUT2D eigenvalue weighted by Gasteiger charge is -2.22. The molecule has 1 saturated carbocycles. The van der Waals surface area contributed by atoms with Crippen LogP contribution in [0.15, 0.2) is 48.5 Å². The number of para-hydroxylation sites is 1. The van der Waals surface area contributed by atoms with Gasteiger partial charge in [0.15, 0.2) is 17.3 Å². The molecule has 12 nitrogen and oxygen atoms in total. The van der Waals surface area contributed by atoms with Crippen molar-refractivity contribution in [2.75, 3.05) is 36.7 Å². The molecule has 2 heterocycles. The molecular weight excluding hydrogens is 526 g/mol. The Kier molecular flexibility index (Phi) is 8.09. The molecule has 1 aliphatic carbocycles. The summed E-state index contributed by atoms with van der Waals surface area (Å²) in [5, 5.41) is 22.1. The zero-order valence-electron chi connectivity index (χ0n) is 22.7. The van der Waals surface area contributed by atoms with Crippen molar-refractivity contribution in [2.24, 2.45) is 5.92 Å². The summed E-state index contributed by atoms with van der Waals surface area (Å²) in [4.78, 5) is 50.2. The number of rotatable bonds is 9. The van der Waals surface area contributed by atoms with Crippen molar-refractivity contribution in [3.63, 3.8) is 0 Å². The molecule has 1 unspecified atom stereocenters. The molecule has 212 valence electrons. The van der Waals surface area contributed by atoms with Crippen LogP contribution in [0.3, 0.4) is 0 Å². The third-order valence-corrected chi connectivity index (χ3v) is 7.02. The summed E-state index contributed by atoms with van der Waals surface area (Å²) in [6.45, 7) is 0.697. The first-order valence-corrected chi connectivity index (χ1v) is 13.4. The Morgan fingerprint density at radius 3 is 2.41 bits per heavy atom. The number of aromatic nitrogens is 2. The van der Waals surface area contributed by atoms with Gasteiger partial charge in [0.1, 0.15) is 0 Å². The largest absolute Gasteiger partial charge is 0.494 e. The SMILES string of the molecule is CNC(=O)c1nnc(NC(=O)C2CC2)cc1Nc1cccc(C(=O)Nc2ccc(C3CCCNC3=O)cc2)c1OC. The normalized spacial score (nSPS) is 16.2. The number of benzene rings is 2. The molecule has 3 aromatic rings. The number of carbonyl (C=O) groups excluding carboxylic acids is 4. The predicted molar refractivity (Wildman–Crippen MR) is 152 cm³/mol. The molecule has 1 saturated heterocycles. The van der Waals surface area contributed by atoms with Crippen LogP contribution in [0.1, 0.15) is 58.0 Å². The maximum absolute atomic E-state index is 13.3. The van der Waals surface area contributed by atoms with E-state index in [0.717, 1.165) is 31.2 Å². The van der Waals surface area contributed by atoms with Crippen molar-refractivity contribution in [2.45, 2.75) is 31.6 Å². The quantitative estimate of drug-likeness (QED) is 0.268. The predicted octanol–water partition coefficient (Wildman–Crippen LogP) is 3.18. The van der Waals surface area contributed by atoms with E-state index in [9.17, 15) is 19.2 Å². The standard InChI is InChI=1S/C29H31N7O5/c1-30-29(40)24-22(15-23(35-36-24)34-26(37)17-8-9-17)33-21-7-3-5-20(25(21)41-2)28(39)32-18-12-10-16(11-13-18)19-6-4-14-31-27(19)38/h3,5,7,10-13,15,17,19H,4,6,8-9,14H2,1-2H3,(H,30,40)(H,31,38)(H,32,39)(H2,33,34,35,37). The average molecular weight is 558 g/mol. The van der Waals surface area contributed by atoms with E-state index in [0.29, 0.717) is 17.9 Å². The van der Waals surface area contributed by atoms with Gasteiger partial charge in [-0.15, -0.1) is 10.2 Å². The lowest BCUT2D eigenvalue weighted by Crippen LogP contribution is -2.35. The van der Waals surface area contributed by atoms with Crippen molar-refractivity contribution in [3.05, 3.63) is 65.4 Å². The molecule has 5 N–H and O–H groups in total. The monoisotopic (exact) mass is 557 g/mol. The molecule has 5 rings (SSSR count). The summed E-state index contributed by atoms with van der Waals surface area (Å²) in [6.07, 6.45) is 3.37. The second kappa shape index (κ2) is 12.0. The first-order valence-electron chi connectivity index (χ1n) is 13.4. The van der Waals surface area contributed by atoms with Crippen molar-refractivity contribution in [1.82, 2.24) is 20.8 Å². The van der Waals surface area contributed by atoms with Gasteiger partial charge in [0.05, 0.1) is 30.0 Å². The second-order valence-corrected chi connectivity index (χ2v) is 9.91. The molecule has 0 radical (unpaired) electrons. The summed E-state index contributed by atoms with van der Waals surface area (Å²) in [5.74, 6) is -0.825. The van der Waals surface area contributed by atoms with Gasteiger partial charge in [0.2, 0.25) is 11.8 Å². The lowest BCUT2D eigenvalue weighted by molar-refractivity contribution is -0.123. The Morgan fingerprint density at radius 1 is 0.951 bits per heavy atom. The number of nitrogens with zero attached hydrogens (tertiary/aromatic N) is 2. The Bertz CT molecular complexity index is 1490. The summed E-state index contributed by atoms with van der Waals surface area (Å²) < 4.78 is 5.60. The number of carbonyl (C=O) groups is 4. The van der Waals surface area contributed by atoms with Crippen LogP contribution in [0.25, 0.3) is 0 Å². The van der Waals surface area contributed by atoms with Crippen LogP contribution in [0, 0.1) is 5.92 Å². The highest BCUT2D eigenvalue weighted by molar-refractivity contribution is 6.08. The Balaban J connectivity index is 1.37. The number of piperidine rings is 1. The van der Waals surface area contributed by atoms with Gasteiger partial charge in [-0.1, -0.05) is 18.2 Å². The van der Waals surface area contributed by atoms with E-state index in [-0.39, 0.29) is 52.2 Å². The minimum absolute atomic E-state index is 0.000524.